The first kappa shape index (κ1) is 21.9. The molecule has 152 valence electrons. The van der Waals surface area contributed by atoms with Crippen LogP contribution in [0.3, 0.4) is 0 Å². The van der Waals surface area contributed by atoms with Gasteiger partial charge in [-0.2, -0.15) is 0 Å². The molecule has 1 aliphatic heterocycles. The zero-order valence-electron chi connectivity index (χ0n) is 16.7. The van der Waals surface area contributed by atoms with Gasteiger partial charge in [-0.3, -0.25) is 9.36 Å². The molecule has 2 heterocycles. The minimum absolute atomic E-state index is 0.0602. The van der Waals surface area contributed by atoms with Gasteiger partial charge in [0.15, 0.2) is 0 Å². The number of hydrogen-bond acceptors (Lipinski definition) is 2. The third-order valence-corrected chi connectivity index (χ3v) is 5.81. The van der Waals surface area contributed by atoms with E-state index in [1.54, 1.807) is 29.3 Å². The zero-order valence-corrected chi connectivity index (χ0v) is 19.8. The maximum Gasteiger partial charge on any atom is 0.260 e. The Balaban J connectivity index is 0.00000117. The molecule has 1 amide bonds. The van der Waals surface area contributed by atoms with Crippen molar-refractivity contribution in [3.8, 4) is 0 Å². The molecule has 0 saturated carbocycles. The van der Waals surface area contributed by atoms with Gasteiger partial charge in [-0.25, -0.2) is 9.88 Å². The number of anilines is 2. The van der Waals surface area contributed by atoms with Gasteiger partial charge in [-0.15, -0.1) is 0 Å². The second-order valence-electron chi connectivity index (χ2n) is 6.88. The number of carbonyl (C=O) groups is 1. The fourth-order valence-corrected chi connectivity index (χ4v) is 4.45. The lowest BCUT2D eigenvalue weighted by Crippen LogP contribution is -2.41. The van der Waals surface area contributed by atoms with E-state index >= 15 is 0 Å². The van der Waals surface area contributed by atoms with Crippen LogP contribution in [-0.4, -0.2) is 15.5 Å². The fraction of sp³-hybridized carbons (Fsp3) is 0.273. The van der Waals surface area contributed by atoms with Crippen molar-refractivity contribution in [2.24, 2.45) is 0 Å². The number of amides is 1. The molecule has 1 aliphatic rings. The van der Waals surface area contributed by atoms with Gasteiger partial charge in [0.25, 0.3) is 5.91 Å². The van der Waals surface area contributed by atoms with E-state index in [2.05, 4.69) is 20.9 Å². The molecule has 0 aliphatic carbocycles. The standard InChI is InChI=1S/C20H16BrCl2N3O.C2H6/c1-12-11-24-19-25(17-8-15(22)7-16(23)9-17)18(27)20(2,26(12)19)10-13-3-5-14(21)6-4-13;1-2/h3-9,11H,10H2,1-2H3;1-2H3. The van der Waals surface area contributed by atoms with Crippen LogP contribution < -0.4 is 4.90 Å². The number of carbonyl (C=O) groups excluding carboxylic acids is 1. The third kappa shape index (κ3) is 3.96. The van der Waals surface area contributed by atoms with Crippen LogP contribution in [0.4, 0.5) is 11.6 Å². The van der Waals surface area contributed by atoms with Gasteiger partial charge in [0.2, 0.25) is 5.95 Å². The summed E-state index contributed by atoms with van der Waals surface area (Å²) in [6.07, 6.45) is 2.33. The molecule has 1 aromatic heterocycles. The van der Waals surface area contributed by atoms with E-state index in [4.69, 9.17) is 23.2 Å². The number of benzene rings is 2. The van der Waals surface area contributed by atoms with Gasteiger partial charge in [0, 0.05) is 26.6 Å². The summed E-state index contributed by atoms with van der Waals surface area (Å²) >= 11 is 15.8. The molecule has 29 heavy (non-hydrogen) atoms. The van der Waals surface area contributed by atoms with Crippen molar-refractivity contribution in [1.82, 2.24) is 9.55 Å². The van der Waals surface area contributed by atoms with Crippen molar-refractivity contribution in [1.29, 1.82) is 0 Å². The molecule has 0 N–H and O–H groups in total. The molecule has 0 radical (unpaired) electrons. The number of imidazole rings is 1. The molecule has 0 bridgehead atoms. The van der Waals surface area contributed by atoms with Crippen molar-refractivity contribution in [3.63, 3.8) is 0 Å². The van der Waals surface area contributed by atoms with E-state index in [0.717, 1.165) is 15.7 Å². The van der Waals surface area contributed by atoms with Crippen molar-refractivity contribution in [2.75, 3.05) is 4.90 Å². The molecule has 1 atom stereocenters. The Hall–Kier alpha value is -1.82. The Bertz CT molecular complexity index is 1030. The summed E-state index contributed by atoms with van der Waals surface area (Å²) in [5.41, 5.74) is 1.81. The quantitative estimate of drug-likeness (QED) is 0.396. The first-order valence-corrected chi connectivity index (χ1v) is 10.9. The molecular weight excluding hydrogens is 473 g/mol. The number of fused-ring (bicyclic) bond motifs is 1. The minimum Gasteiger partial charge on any atom is -0.299 e. The Morgan fingerprint density at radius 1 is 1.07 bits per heavy atom. The van der Waals surface area contributed by atoms with Crippen LogP contribution in [-0.2, 0) is 16.8 Å². The smallest absolute Gasteiger partial charge is 0.260 e. The van der Waals surface area contributed by atoms with Crippen LogP contribution in [0.2, 0.25) is 10.0 Å². The largest absolute Gasteiger partial charge is 0.299 e. The maximum atomic E-state index is 13.6. The second kappa shape index (κ2) is 8.50. The molecule has 0 saturated heterocycles. The Morgan fingerprint density at radius 3 is 2.24 bits per heavy atom. The Kier molecular flexibility index (Phi) is 6.42. The molecule has 4 nitrogen and oxygen atoms in total. The van der Waals surface area contributed by atoms with Crippen LogP contribution in [0.15, 0.2) is 53.1 Å². The normalized spacial score (nSPS) is 17.8. The lowest BCUT2D eigenvalue weighted by atomic mass is 9.91. The van der Waals surface area contributed by atoms with E-state index in [0.29, 0.717) is 28.1 Å². The first-order chi connectivity index (χ1) is 13.8. The summed E-state index contributed by atoms with van der Waals surface area (Å²) in [4.78, 5) is 19.7. The van der Waals surface area contributed by atoms with Crippen LogP contribution in [0.25, 0.3) is 0 Å². The molecule has 4 rings (SSSR count). The summed E-state index contributed by atoms with van der Waals surface area (Å²) in [6.45, 7) is 7.90. The second-order valence-corrected chi connectivity index (χ2v) is 8.67. The van der Waals surface area contributed by atoms with E-state index in [9.17, 15) is 4.79 Å². The zero-order chi connectivity index (χ0) is 21.3. The van der Waals surface area contributed by atoms with Crippen LogP contribution >= 0.6 is 39.1 Å². The van der Waals surface area contributed by atoms with Gasteiger partial charge in [-0.05, 0) is 49.7 Å². The molecule has 7 heteroatoms. The molecule has 3 aromatic rings. The van der Waals surface area contributed by atoms with Crippen molar-refractivity contribution in [3.05, 3.63) is 74.4 Å². The van der Waals surface area contributed by atoms with Gasteiger partial charge in [0.1, 0.15) is 5.54 Å². The molecule has 2 aromatic carbocycles. The average Bonchev–Trinajstić information content (AvgIpc) is 3.15. The van der Waals surface area contributed by atoms with E-state index < -0.39 is 5.54 Å². The van der Waals surface area contributed by atoms with Gasteiger partial charge in [-0.1, -0.05) is 65.1 Å². The van der Waals surface area contributed by atoms with Gasteiger partial charge in [0.05, 0.1) is 11.9 Å². The first-order valence-electron chi connectivity index (χ1n) is 9.39. The lowest BCUT2D eigenvalue weighted by molar-refractivity contribution is -0.123. The number of aromatic nitrogens is 2. The number of hydrogen-bond donors (Lipinski definition) is 0. The monoisotopic (exact) mass is 493 g/mol. The lowest BCUT2D eigenvalue weighted by Gasteiger charge is -2.26. The van der Waals surface area contributed by atoms with Crippen LogP contribution in [0.5, 0.6) is 0 Å². The van der Waals surface area contributed by atoms with Crippen molar-refractivity contribution in [2.45, 2.75) is 39.7 Å². The highest BCUT2D eigenvalue weighted by molar-refractivity contribution is 9.10. The highest BCUT2D eigenvalue weighted by Gasteiger charge is 2.49. The predicted molar refractivity (Wildman–Crippen MR) is 123 cm³/mol. The van der Waals surface area contributed by atoms with Crippen molar-refractivity contribution < 1.29 is 4.79 Å². The predicted octanol–water partition coefficient (Wildman–Crippen LogP) is 6.92. The van der Waals surface area contributed by atoms with Gasteiger partial charge < -0.3 is 0 Å². The minimum atomic E-state index is -0.793. The van der Waals surface area contributed by atoms with Crippen LogP contribution in [0.1, 0.15) is 32.0 Å². The SMILES string of the molecule is CC.Cc1cnc2n1C(C)(Cc1ccc(Br)cc1)C(=O)N2c1cc(Cl)cc(Cl)c1. The summed E-state index contributed by atoms with van der Waals surface area (Å²) in [6, 6.07) is 13.1. The number of nitrogens with zero attached hydrogens (tertiary/aromatic N) is 3. The fourth-order valence-electron chi connectivity index (χ4n) is 3.67. The highest BCUT2D eigenvalue weighted by atomic mass is 79.9. The summed E-state index contributed by atoms with van der Waals surface area (Å²) in [5.74, 6) is 0.519. The molecule has 0 fully saturated rings. The third-order valence-electron chi connectivity index (χ3n) is 4.84. The van der Waals surface area contributed by atoms with Gasteiger partial charge >= 0.3 is 0 Å². The molecular formula is C22H22BrCl2N3O. The van der Waals surface area contributed by atoms with E-state index in [-0.39, 0.29) is 5.91 Å². The number of aryl methyl sites for hydroxylation is 1. The maximum absolute atomic E-state index is 13.6. The van der Waals surface area contributed by atoms with Crippen molar-refractivity contribution >= 4 is 56.7 Å². The average molecular weight is 495 g/mol. The van der Waals surface area contributed by atoms with Crippen LogP contribution in [0, 0.1) is 6.92 Å². The molecule has 1 unspecified atom stereocenters. The summed E-state index contributed by atoms with van der Waals surface area (Å²) in [7, 11) is 0. The van der Waals surface area contributed by atoms with E-state index in [1.165, 1.54) is 0 Å². The summed E-state index contributed by atoms with van der Waals surface area (Å²) in [5, 5.41) is 0.947. The summed E-state index contributed by atoms with van der Waals surface area (Å²) < 4.78 is 3.00. The number of rotatable bonds is 3. The highest BCUT2D eigenvalue weighted by Crippen LogP contribution is 2.43. The van der Waals surface area contributed by atoms with E-state index in [1.807, 2.05) is 56.5 Å². The topological polar surface area (TPSA) is 38.1 Å². The molecule has 0 spiro atoms. The Labute approximate surface area is 189 Å². The number of halogens is 3. The Morgan fingerprint density at radius 2 is 1.66 bits per heavy atom.